The zero-order chi connectivity index (χ0) is 22.5. The summed E-state index contributed by atoms with van der Waals surface area (Å²) in [6.07, 6.45) is 0. The van der Waals surface area contributed by atoms with Crippen molar-refractivity contribution < 1.29 is 19.1 Å². The van der Waals surface area contributed by atoms with E-state index < -0.39 is 0 Å². The van der Waals surface area contributed by atoms with Gasteiger partial charge in [0.15, 0.2) is 0 Å². The fraction of sp³-hybridized carbons (Fsp3) is 0.440. The van der Waals surface area contributed by atoms with Crippen LogP contribution in [0.3, 0.4) is 0 Å². The van der Waals surface area contributed by atoms with Gasteiger partial charge in [-0.3, -0.25) is 9.59 Å². The third-order valence-corrected chi connectivity index (χ3v) is 5.77. The summed E-state index contributed by atoms with van der Waals surface area (Å²) >= 11 is 0. The van der Waals surface area contributed by atoms with Crippen molar-refractivity contribution in [1.29, 1.82) is 0 Å². The summed E-state index contributed by atoms with van der Waals surface area (Å²) in [6.45, 7) is 7.54. The Hall–Kier alpha value is -3.02. The van der Waals surface area contributed by atoms with Gasteiger partial charge in [0.2, 0.25) is 5.91 Å². The molecule has 1 aliphatic heterocycles. The van der Waals surface area contributed by atoms with Crippen molar-refractivity contribution in [3.05, 3.63) is 59.2 Å². The van der Waals surface area contributed by atoms with Crippen LogP contribution in [0, 0.1) is 18.8 Å². The summed E-state index contributed by atoms with van der Waals surface area (Å²) < 4.78 is 10.9. The number of likely N-dealkylation sites (tertiary alicyclic amines) is 1. The van der Waals surface area contributed by atoms with Gasteiger partial charge in [0, 0.05) is 42.7 Å². The van der Waals surface area contributed by atoms with Crippen LogP contribution in [0.4, 0.5) is 0 Å². The Morgan fingerprint density at radius 1 is 1.06 bits per heavy atom. The van der Waals surface area contributed by atoms with Gasteiger partial charge < -0.3 is 19.7 Å². The van der Waals surface area contributed by atoms with Crippen molar-refractivity contribution in [2.45, 2.75) is 26.7 Å². The molecule has 2 aromatic carbocycles. The van der Waals surface area contributed by atoms with Crippen LogP contribution < -0.4 is 14.8 Å². The molecule has 6 nitrogen and oxygen atoms in total. The van der Waals surface area contributed by atoms with Crippen LogP contribution in [-0.4, -0.2) is 50.6 Å². The van der Waals surface area contributed by atoms with E-state index in [1.165, 1.54) is 0 Å². The number of carbonyl (C=O) groups excluding carboxylic acids is 2. The average molecular weight is 425 g/mol. The minimum absolute atomic E-state index is 0.0317. The lowest BCUT2D eigenvalue weighted by molar-refractivity contribution is -0.125. The zero-order valence-corrected chi connectivity index (χ0v) is 19.0. The lowest BCUT2D eigenvalue weighted by atomic mass is 9.87. The largest absolute Gasteiger partial charge is 0.497 e. The van der Waals surface area contributed by atoms with Crippen molar-refractivity contribution >= 4 is 11.8 Å². The molecule has 6 heteroatoms. The molecule has 0 aliphatic carbocycles. The van der Waals surface area contributed by atoms with Crippen LogP contribution in [0.1, 0.15) is 41.3 Å². The maximum absolute atomic E-state index is 13.2. The first-order chi connectivity index (χ1) is 14.8. The number of methoxy groups -OCH3 is 2. The van der Waals surface area contributed by atoms with Gasteiger partial charge >= 0.3 is 0 Å². The van der Waals surface area contributed by atoms with E-state index in [9.17, 15) is 9.59 Å². The highest BCUT2D eigenvalue weighted by molar-refractivity contribution is 5.95. The van der Waals surface area contributed by atoms with Gasteiger partial charge in [-0.1, -0.05) is 37.6 Å². The second-order valence-corrected chi connectivity index (χ2v) is 8.54. The van der Waals surface area contributed by atoms with E-state index >= 15 is 0 Å². The van der Waals surface area contributed by atoms with Crippen LogP contribution in [-0.2, 0) is 4.79 Å². The Morgan fingerprint density at radius 3 is 2.39 bits per heavy atom. The molecule has 1 N–H and O–H groups in total. The topological polar surface area (TPSA) is 67.9 Å². The molecular formula is C25H32N2O4. The minimum atomic E-state index is -0.351. The second kappa shape index (κ2) is 9.86. The number of carbonyl (C=O) groups is 2. The minimum Gasteiger partial charge on any atom is -0.497 e. The van der Waals surface area contributed by atoms with E-state index in [2.05, 4.69) is 19.2 Å². The molecule has 2 aromatic rings. The first kappa shape index (κ1) is 22.7. The highest BCUT2D eigenvalue weighted by Crippen LogP contribution is 2.39. The summed E-state index contributed by atoms with van der Waals surface area (Å²) in [5.41, 5.74) is 2.64. The Balaban J connectivity index is 1.91. The highest BCUT2D eigenvalue weighted by Gasteiger charge is 2.41. The van der Waals surface area contributed by atoms with Gasteiger partial charge in [-0.2, -0.15) is 0 Å². The fourth-order valence-corrected chi connectivity index (χ4v) is 3.99. The molecule has 0 radical (unpaired) electrons. The Kier molecular flexibility index (Phi) is 7.21. The molecular weight excluding hydrogens is 392 g/mol. The maximum Gasteiger partial charge on any atom is 0.253 e. The van der Waals surface area contributed by atoms with E-state index in [0.717, 1.165) is 11.1 Å². The summed E-state index contributed by atoms with van der Waals surface area (Å²) in [5.74, 6) is 1.09. The number of rotatable bonds is 7. The number of nitrogens with one attached hydrogen (secondary N) is 1. The molecule has 1 heterocycles. The van der Waals surface area contributed by atoms with Gasteiger partial charge in [-0.05, 0) is 31.0 Å². The smallest absolute Gasteiger partial charge is 0.253 e. The third-order valence-electron chi connectivity index (χ3n) is 5.77. The van der Waals surface area contributed by atoms with Crippen molar-refractivity contribution in [2.75, 3.05) is 33.9 Å². The van der Waals surface area contributed by atoms with Crippen LogP contribution in [0.5, 0.6) is 11.5 Å². The van der Waals surface area contributed by atoms with Crippen molar-refractivity contribution in [1.82, 2.24) is 10.2 Å². The number of ether oxygens (including phenoxy) is 2. The Bertz CT molecular complexity index is 924. The van der Waals surface area contributed by atoms with Crippen molar-refractivity contribution in [3.63, 3.8) is 0 Å². The molecule has 0 aromatic heterocycles. The second-order valence-electron chi connectivity index (χ2n) is 8.54. The molecule has 0 unspecified atom stereocenters. The van der Waals surface area contributed by atoms with Gasteiger partial charge in [0.25, 0.3) is 5.91 Å². The standard InChI is InChI=1S/C25H32N2O4/c1-16(2)13-26-24(28)22-15-27(25(29)18-8-6-17(3)7-9-18)14-21(22)20-11-10-19(30-4)12-23(20)31-5/h6-12,16,21-22H,13-15H2,1-5H3,(H,26,28)/t21-,22+/m0/s1. The molecule has 3 rings (SSSR count). The van der Waals surface area contributed by atoms with Crippen LogP contribution in [0.15, 0.2) is 42.5 Å². The molecule has 0 spiro atoms. The summed E-state index contributed by atoms with van der Waals surface area (Å²) in [6, 6.07) is 13.2. The summed E-state index contributed by atoms with van der Waals surface area (Å²) in [5, 5.41) is 3.05. The first-order valence-corrected chi connectivity index (χ1v) is 10.7. The lowest BCUT2D eigenvalue weighted by Crippen LogP contribution is -2.37. The molecule has 0 saturated carbocycles. The maximum atomic E-state index is 13.2. The normalized spacial score (nSPS) is 18.2. The molecule has 0 bridgehead atoms. The van der Waals surface area contributed by atoms with Gasteiger partial charge in [0.05, 0.1) is 20.1 Å². The van der Waals surface area contributed by atoms with Gasteiger partial charge in [0.1, 0.15) is 11.5 Å². The Labute approximate surface area is 184 Å². The summed E-state index contributed by atoms with van der Waals surface area (Å²) in [4.78, 5) is 28.0. The molecule has 2 amide bonds. The van der Waals surface area contributed by atoms with Crippen molar-refractivity contribution in [3.8, 4) is 11.5 Å². The molecule has 31 heavy (non-hydrogen) atoms. The van der Waals surface area contributed by atoms with E-state index in [0.29, 0.717) is 42.6 Å². The van der Waals surface area contributed by atoms with Gasteiger partial charge in [-0.25, -0.2) is 0 Å². The van der Waals surface area contributed by atoms with E-state index in [1.54, 1.807) is 19.1 Å². The number of nitrogens with zero attached hydrogens (tertiary/aromatic N) is 1. The van der Waals surface area contributed by atoms with Crippen molar-refractivity contribution in [2.24, 2.45) is 11.8 Å². The SMILES string of the molecule is COc1ccc([C@@H]2CN(C(=O)c3ccc(C)cc3)C[C@H]2C(=O)NCC(C)C)c(OC)c1. The summed E-state index contributed by atoms with van der Waals surface area (Å²) in [7, 11) is 3.21. The quantitative estimate of drug-likeness (QED) is 0.737. The predicted molar refractivity (Wildman–Crippen MR) is 121 cm³/mol. The number of aryl methyl sites for hydroxylation is 1. The van der Waals surface area contributed by atoms with Crippen LogP contribution in [0.2, 0.25) is 0 Å². The number of hydrogen-bond acceptors (Lipinski definition) is 4. The molecule has 166 valence electrons. The van der Waals surface area contributed by atoms with E-state index in [1.807, 2.05) is 49.4 Å². The van der Waals surface area contributed by atoms with Gasteiger partial charge in [-0.15, -0.1) is 0 Å². The molecule has 1 aliphatic rings. The molecule has 1 saturated heterocycles. The van der Waals surface area contributed by atoms with E-state index in [4.69, 9.17) is 9.47 Å². The number of benzene rings is 2. The zero-order valence-electron chi connectivity index (χ0n) is 19.0. The average Bonchev–Trinajstić information content (AvgIpc) is 3.22. The van der Waals surface area contributed by atoms with E-state index in [-0.39, 0.29) is 23.7 Å². The first-order valence-electron chi connectivity index (χ1n) is 10.7. The van der Waals surface area contributed by atoms with Crippen LogP contribution >= 0.6 is 0 Å². The monoisotopic (exact) mass is 424 g/mol. The third kappa shape index (κ3) is 5.19. The Morgan fingerprint density at radius 2 is 1.77 bits per heavy atom. The number of amides is 2. The van der Waals surface area contributed by atoms with Crippen LogP contribution in [0.25, 0.3) is 0 Å². The highest BCUT2D eigenvalue weighted by atomic mass is 16.5. The molecule has 2 atom stereocenters. The fourth-order valence-electron chi connectivity index (χ4n) is 3.99. The number of hydrogen-bond donors (Lipinski definition) is 1. The lowest BCUT2D eigenvalue weighted by Gasteiger charge is -2.21. The predicted octanol–water partition coefficient (Wildman–Crippen LogP) is 3.64. The molecule has 1 fully saturated rings.